The van der Waals surface area contributed by atoms with E-state index in [1.807, 2.05) is 20.8 Å². The molecule has 0 aliphatic carbocycles. The summed E-state index contributed by atoms with van der Waals surface area (Å²) in [7, 11) is 0. The molecule has 2 aliphatic rings. The van der Waals surface area contributed by atoms with Crippen LogP contribution in [-0.4, -0.2) is 50.2 Å². The molecule has 2 N–H and O–H groups in total. The lowest BCUT2D eigenvalue weighted by molar-refractivity contribution is -0.165. The molecule has 2 saturated heterocycles. The number of fused-ring (bicyclic) bond motifs is 1. The van der Waals surface area contributed by atoms with E-state index >= 15 is 0 Å². The van der Waals surface area contributed by atoms with Gasteiger partial charge in [0.05, 0.1) is 13.1 Å². The third kappa shape index (κ3) is 3.76. The Balaban J connectivity index is 1.60. The maximum Gasteiger partial charge on any atom is 0.426 e. The molecule has 0 radical (unpaired) electrons. The molecule has 0 unspecified atom stereocenters. The Kier molecular flexibility index (Phi) is 4.89. The highest BCUT2D eigenvalue weighted by atomic mass is 19.4. The zero-order valence-electron chi connectivity index (χ0n) is 18.7. The Morgan fingerprint density at radius 2 is 1.76 bits per heavy atom. The molecule has 1 aromatic carbocycles. The summed E-state index contributed by atoms with van der Waals surface area (Å²) < 4.78 is 70.4. The normalized spacial score (nSPS) is 19.7. The molecule has 13 heteroatoms. The number of hydrogen-bond donors (Lipinski definition) is 2. The van der Waals surface area contributed by atoms with Crippen molar-refractivity contribution in [2.45, 2.75) is 56.9 Å². The summed E-state index contributed by atoms with van der Waals surface area (Å²) in [6.07, 6.45) is -4.87. The van der Waals surface area contributed by atoms with Gasteiger partial charge in [0.1, 0.15) is 5.82 Å². The zero-order valence-corrected chi connectivity index (χ0v) is 18.7. The Hall–Kier alpha value is -2.93. The fourth-order valence-electron chi connectivity index (χ4n) is 4.10. The zero-order chi connectivity index (χ0) is 24.5. The maximum atomic E-state index is 13.9. The minimum absolute atomic E-state index is 0.00987. The Morgan fingerprint density at radius 3 is 2.35 bits per heavy atom. The Labute approximate surface area is 191 Å². The highest BCUT2D eigenvalue weighted by Crippen LogP contribution is 2.43. The quantitative estimate of drug-likeness (QED) is 0.435. The first-order valence-corrected chi connectivity index (χ1v) is 10.7. The van der Waals surface area contributed by atoms with Crippen LogP contribution in [0.15, 0.2) is 24.3 Å². The number of alkyl halides is 5. The van der Waals surface area contributed by atoms with Crippen molar-refractivity contribution < 1.29 is 22.0 Å². The van der Waals surface area contributed by atoms with E-state index in [2.05, 4.69) is 31.1 Å². The molecule has 34 heavy (non-hydrogen) atoms. The molecule has 0 saturated carbocycles. The number of anilines is 1. The molecule has 2 fully saturated rings. The van der Waals surface area contributed by atoms with Crippen LogP contribution in [-0.2, 0) is 17.6 Å². The molecular formula is C21H23F5N8. The van der Waals surface area contributed by atoms with E-state index in [1.165, 1.54) is 21.7 Å². The molecule has 0 bridgehead atoms. The topological polar surface area (TPSA) is 104 Å². The first kappa shape index (κ1) is 22.8. The summed E-state index contributed by atoms with van der Waals surface area (Å²) >= 11 is 0. The van der Waals surface area contributed by atoms with Gasteiger partial charge >= 0.3 is 6.18 Å². The minimum atomic E-state index is -4.57. The first-order chi connectivity index (χ1) is 15.8. The fourth-order valence-corrected chi connectivity index (χ4v) is 4.10. The van der Waals surface area contributed by atoms with Crippen molar-refractivity contribution in [1.29, 1.82) is 0 Å². The monoisotopic (exact) mass is 482 g/mol. The highest BCUT2D eigenvalue weighted by Gasteiger charge is 2.65. The fraction of sp³-hybridized carbons (Fsp3) is 0.524. The first-order valence-electron chi connectivity index (χ1n) is 10.7. The third-order valence-corrected chi connectivity index (χ3v) is 6.03. The van der Waals surface area contributed by atoms with E-state index in [0.29, 0.717) is 11.4 Å². The number of rotatable bonds is 4. The van der Waals surface area contributed by atoms with Crippen LogP contribution in [0.25, 0.3) is 11.2 Å². The van der Waals surface area contributed by atoms with Gasteiger partial charge in [-0.25, -0.2) is 34.3 Å². The summed E-state index contributed by atoms with van der Waals surface area (Å²) in [6.45, 7) is 5.21. The standard InChI is InChI=1S/C21H23F5N8/c1-18(2,3)17-27-15(33-9-8-19(22,23)11-33)14-16(28-17)34(32-29-14)10-12-6-4-5-7-13(12)20(30-31-20)21(24,25)26/h4-7,30-31H,8-11H2,1-3H3. The second kappa shape index (κ2) is 7.28. The van der Waals surface area contributed by atoms with Crippen molar-refractivity contribution in [3.63, 3.8) is 0 Å². The summed E-state index contributed by atoms with van der Waals surface area (Å²) in [5.74, 6) is -2.19. The molecule has 0 amide bonds. The minimum Gasteiger partial charge on any atom is -0.348 e. The predicted octanol–water partition coefficient (Wildman–Crippen LogP) is 3.24. The smallest absolute Gasteiger partial charge is 0.348 e. The second-order valence-electron chi connectivity index (χ2n) is 9.72. The average molecular weight is 482 g/mol. The van der Waals surface area contributed by atoms with Crippen LogP contribution < -0.4 is 15.8 Å². The number of nitrogens with one attached hydrogen (secondary N) is 2. The molecule has 182 valence electrons. The number of halogens is 5. The molecular weight excluding hydrogens is 459 g/mol. The van der Waals surface area contributed by atoms with E-state index in [4.69, 9.17) is 0 Å². The van der Waals surface area contributed by atoms with Gasteiger partial charge in [0, 0.05) is 23.9 Å². The van der Waals surface area contributed by atoms with Crippen LogP contribution in [0, 0.1) is 0 Å². The van der Waals surface area contributed by atoms with E-state index in [1.54, 1.807) is 12.1 Å². The van der Waals surface area contributed by atoms with E-state index in [0.717, 1.165) is 0 Å². The largest absolute Gasteiger partial charge is 0.426 e. The van der Waals surface area contributed by atoms with Gasteiger partial charge in [0.15, 0.2) is 17.0 Å². The van der Waals surface area contributed by atoms with Gasteiger partial charge in [0.25, 0.3) is 5.92 Å². The number of nitrogens with zero attached hydrogens (tertiary/aromatic N) is 6. The van der Waals surface area contributed by atoms with Crippen LogP contribution in [0.3, 0.4) is 0 Å². The molecule has 3 aromatic rings. The number of hydrogen-bond acceptors (Lipinski definition) is 7. The van der Waals surface area contributed by atoms with Gasteiger partial charge in [-0.15, -0.1) is 5.10 Å². The molecule has 8 nitrogen and oxygen atoms in total. The van der Waals surface area contributed by atoms with Crippen LogP contribution in [0.1, 0.15) is 44.1 Å². The Morgan fingerprint density at radius 1 is 1.06 bits per heavy atom. The third-order valence-electron chi connectivity index (χ3n) is 6.03. The van der Waals surface area contributed by atoms with Crippen LogP contribution in [0.5, 0.6) is 0 Å². The summed E-state index contributed by atoms with van der Waals surface area (Å²) in [6, 6.07) is 6.13. The van der Waals surface area contributed by atoms with Gasteiger partial charge < -0.3 is 4.90 Å². The average Bonchev–Trinajstić information content (AvgIpc) is 3.36. The molecule has 5 rings (SSSR count). The van der Waals surface area contributed by atoms with Crippen molar-refractivity contribution in [3.05, 3.63) is 41.2 Å². The van der Waals surface area contributed by atoms with Gasteiger partial charge in [-0.05, 0) is 5.56 Å². The summed E-state index contributed by atoms with van der Waals surface area (Å²) in [4.78, 5) is 10.6. The van der Waals surface area contributed by atoms with Crippen molar-refractivity contribution in [1.82, 2.24) is 35.8 Å². The van der Waals surface area contributed by atoms with Crippen LogP contribution in [0.2, 0.25) is 0 Å². The van der Waals surface area contributed by atoms with Gasteiger partial charge in [0.2, 0.25) is 5.66 Å². The van der Waals surface area contributed by atoms with Crippen LogP contribution >= 0.6 is 0 Å². The number of aromatic nitrogens is 5. The molecule has 4 heterocycles. The SMILES string of the molecule is CC(C)(C)c1nc(N2CCC(F)(F)C2)c2nnn(Cc3ccccc3C3(C(F)(F)F)NN3)c2n1. The van der Waals surface area contributed by atoms with Gasteiger partial charge in [-0.3, -0.25) is 0 Å². The van der Waals surface area contributed by atoms with E-state index in [9.17, 15) is 22.0 Å². The maximum absolute atomic E-state index is 13.9. The summed E-state index contributed by atoms with van der Waals surface area (Å²) in [5.41, 5.74) is 2.47. The van der Waals surface area contributed by atoms with Gasteiger partial charge in [-0.2, -0.15) is 13.2 Å². The van der Waals surface area contributed by atoms with Gasteiger partial charge in [-0.1, -0.05) is 50.3 Å². The van der Waals surface area contributed by atoms with E-state index < -0.39 is 29.7 Å². The Bertz CT molecular complexity index is 1240. The van der Waals surface area contributed by atoms with Crippen molar-refractivity contribution in [3.8, 4) is 0 Å². The molecule has 0 atom stereocenters. The molecule has 2 aromatic heterocycles. The summed E-state index contributed by atoms with van der Waals surface area (Å²) in [5, 5.41) is 8.25. The lowest BCUT2D eigenvalue weighted by Gasteiger charge is -2.22. The van der Waals surface area contributed by atoms with E-state index in [-0.39, 0.29) is 42.1 Å². The van der Waals surface area contributed by atoms with Crippen molar-refractivity contribution >= 4 is 17.0 Å². The predicted molar refractivity (Wildman–Crippen MR) is 113 cm³/mol. The number of benzene rings is 1. The van der Waals surface area contributed by atoms with Crippen molar-refractivity contribution in [2.75, 3.05) is 18.0 Å². The lowest BCUT2D eigenvalue weighted by atomic mass is 9.95. The second-order valence-corrected chi connectivity index (χ2v) is 9.72. The molecule has 2 aliphatic heterocycles. The van der Waals surface area contributed by atoms with Crippen LogP contribution in [0.4, 0.5) is 27.8 Å². The van der Waals surface area contributed by atoms with Crippen molar-refractivity contribution in [2.24, 2.45) is 0 Å². The highest BCUT2D eigenvalue weighted by molar-refractivity contribution is 5.83. The number of hydrazine groups is 1. The molecule has 0 spiro atoms. The lowest BCUT2D eigenvalue weighted by Crippen LogP contribution is -2.36.